The van der Waals surface area contributed by atoms with Crippen LogP contribution < -0.4 is 5.32 Å². The Bertz CT molecular complexity index is 793. The summed E-state index contributed by atoms with van der Waals surface area (Å²) in [5.41, 5.74) is 3.16. The Morgan fingerprint density at radius 1 is 1.09 bits per heavy atom. The summed E-state index contributed by atoms with van der Waals surface area (Å²) in [5, 5.41) is 4.35. The van der Waals surface area contributed by atoms with Crippen molar-refractivity contribution in [2.45, 2.75) is 25.7 Å². The van der Waals surface area contributed by atoms with Gasteiger partial charge in [-0.05, 0) is 38.0 Å². The van der Waals surface area contributed by atoms with Gasteiger partial charge in [0, 0.05) is 17.8 Å². The molecule has 0 aliphatic heterocycles. The van der Waals surface area contributed by atoms with Gasteiger partial charge in [-0.2, -0.15) is 0 Å². The minimum Gasteiger partial charge on any atom is -0.324 e. The van der Waals surface area contributed by atoms with Crippen molar-refractivity contribution in [1.29, 1.82) is 0 Å². The second-order valence-corrected chi connectivity index (χ2v) is 6.68. The van der Waals surface area contributed by atoms with Crippen molar-refractivity contribution in [3.8, 4) is 10.6 Å². The second-order valence-electron chi connectivity index (χ2n) is 5.48. The number of nitrogens with one attached hydrogen (secondary N) is 1. The first kappa shape index (κ1) is 13.4. The van der Waals surface area contributed by atoms with Crippen LogP contribution in [0.2, 0.25) is 0 Å². The van der Waals surface area contributed by atoms with E-state index in [4.69, 9.17) is 4.98 Å². The molecule has 110 valence electrons. The van der Waals surface area contributed by atoms with Crippen LogP contribution in [0.1, 0.15) is 29.5 Å². The van der Waals surface area contributed by atoms with Gasteiger partial charge in [-0.25, -0.2) is 15.0 Å². The van der Waals surface area contributed by atoms with Crippen LogP contribution in [0.3, 0.4) is 0 Å². The van der Waals surface area contributed by atoms with Crippen molar-refractivity contribution >= 4 is 23.0 Å². The maximum Gasteiger partial charge on any atom is 0.227 e. The SMILES string of the molecule is Cc1nc(C2CC2)c(-c2ccnc(Nc3ccccc3)n2)s1. The first-order valence-electron chi connectivity index (χ1n) is 7.42. The molecule has 0 amide bonds. The molecule has 1 fully saturated rings. The van der Waals surface area contributed by atoms with Gasteiger partial charge in [0.1, 0.15) is 0 Å². The number of thiazole rings is 1. The van der Waals surface area contributed by atoms with E-state index in [1.807, 2.05) is 36.4 Å². The Balaban J connectivity index is 1.67. The molecule has 2 aromatic heterocycles. The standard InChI is InChI=1S/C17H16N4S/c1-11-19-15(12-7-8-12)16(22-11)14-9-10-18-17(21-14)20-13-5-3-2-4-6-13/h2-6,9-10,12H,7-8H2,1H3,(H,18,20,21). The predicted octanol–water partition coefficient (Wildman–Crippen LogP) is 4.53. The number of para-hydroxylation sites is 1. The number of hydrogen-bond donors (Lipinski definition) is 1. The Labute approximate surface area is 133 Å². The highest BCUT2D eigenvalue weighted by molar-refractivity contribution is 7.15. The quantitative estimate of drug-likeness (QED) is 0.769. The summed E-state index contributed by atoms with van der Waals surface area (Å²) >= 11 is 1.72. The van der Waals surface area contributed by atoms with Gasteiger partial charge < -0.3 is 5.32 Å². The third-order valence-corrected chi connectivity index (χ3v) is 4.65. The molecule has 0 radical (unpaired) electrons. The number of aryl methyl sites for hydroxylation is 1. The van der Waals surface area contributed by atoms with Crippen molar-refractivity contribution in [2.75, 3.05) is 5.32 Å². The molecule has 1 N–H and O–H groups in total. The topological polar surface area (TPSA) is 50.7 Å². The fourth-order valence-corrected chi connectivity index (χ4v) is 3.43. The van der Waals surface area contributed by atoms with Gasteiger partial charge in [0.25, 0.3) is 0 Å². The molecule has 1 aromatic carbocycles. The predicted molar refractivity (Wildman–Crippen MR) is 89.6 cm³/mol. The second kappa shape index (κ2) is 5.50. The first-order chi connectivity index (χ1) is 10.8. The van der Waals surface area contributed by atoms with E-state index in [0.717, 1.165) is 16.4 Å². The molecule has 4 nitrogen and oxygen atoms in total. The molecule has 2 heterocycles. The summed E-state index contributed by atoms with van der Waals surface area (Å²) in [4.78, 5) is 14.9. The number of hydrogen-bond acceptors (Lipinski definition) is 5. The van der Waals surface area contributed by atoms with Crippen LogP contribution in [0, 0.1) is 6.92 Å². The number of anilines is 2. The zero-order chi connectivity index (χ0) is 14.9. The zero-order valence-corrected chi connectivity index (χ0v) is 13.1. The molecule has 0 unspecified atom stereocenters. The van der Waals surface area contributed by atoms with E-state index in [1.165, 1.54) is 23.4 Å². The molecule has 22 heavy (non-hydrogen) atoms. The maximum absolute atomic E-state index is 4.70. The molecule has 0 spiro atoms. The molecule has 0 atom stereocenters. The lowest BCUT2D eigenvalue weighted by molar-refractivity contribution is 1.03. The van der Waals surface area contributed by atoms with Crippen molar-refractivity contribution in [1.82, 2.24) is 15.0 Å². The largest absolute Gasteiger partial charge is 0.324 e. The fourth-order valence-electron chi connectivity index (χ4n) is 2.46. The van der Waals surface area contributed by atoms with Gasteiger partial charge in [0.05, 0.1) is 21.3 Å². The summed E-state index contributed by atoms with van der Waals surface area (Å²) in [6.07, 6.45) is 4.30. The van der Waals surface area contributed by atoms with Crippen LogP contribution in [0.15, 0.2) is 42.6 Å². The molecular formula is C17H16N4S. The molecule has 0 saturated heterocycles. The lowest BCUT2D eigenvalue weighted by atomic mass is 10.2. The van der Waals surface area contributed by atoms with Gasteiger partial charge in [0.2, 0.25) is 5.95 Å². The summed E-state index contributed by atoms with van der Waals surface area (Å²) in [6, 6.07) is 11.9. The highest BCUT2D eigenvalue weighted by Gasteiger charge is 2.30. The molecule has 0 bridgehead atoms. The highest BCUT2D eigenvalue weighted by atomic mass is 32.1. The van der Waals surface area contributed by atoms with Gasteiger partial charge in [-0.1, -0.05) is 18.2 Å². The molecule has 1 saturated carbocycles. The minimum atomic E-state index is 0.622. The molecule has 1 aliphatic carbocycles. The van der Waals surface area contributed by atoms with Gasteiger partial charge >= 0.3 is 0 Å². The third-order valence-electron chi connectivity index (χ3n) is 3.64. The highest BCUT2D eigenvalue weighted by Crippen LogP contribution is 2.45. The first-order valence-corrected chi connectivity index (χ1v) is 8.24. The zero-order valence-electron chi connectivity index (χ0n) is 12.3. The lowest BCUT2D eigenvalue weighted by Gasteiger charge is -2.06. The third kappa shape index (κ3) is 2.72. The van der Waals surface area contributed by atoms with Crippen LogP contribution in [0.5, 0.6) is 0 Å². The minimum absolute atomic E-state index is 0.622. The van der Waals surface area contributed by atoms with Crippen molar-refractivity contribution < 1.29 is 0 Å². The summed E-state index contributed by atoms with van der Waals surface area (Å²) in [6.45, 7) is 2.06. The number of rotatable bonds is 4. The molecule has 3 aromatic rings. The lowest BCUT2D eigenvalue weighted by Crippen LogP contribution is -1.97. The fraction of sp³-hybridized carbons (Fsp3) is 0.235. The molecule has 4 rings (SSSR count). The Morgan fingerprint density at radius 2 is 1.91 bits per heavy atom. The number of aromatic nitrogens is 3. The van der Waals surface area contributed by atoms with Crippen LogP contribution in [0.25, 0.3) is 10.6 Å². The number of nitrogens with zero attached hydrogens (tertiary/aromatic N) is 3. The average molecular weight is 308 g/mol. The molecular weight excluding hydrogens is 292 g/mol. The van der Waals surface area contributed by atoms with E-state index >= 15 is 0 Å². The van der Waals surface area contributed by atoms with E-state index in [0.29, 0.717) is 11.9 Å². The smallest absolute Gasteiger partial charge is 0.227 e. The van der Waals surface area contributed by atoms with Gasteiger partial charge in [0.15, 0.2) is 0 Å². The van der Waals surface area contributed by atoms with E-state index in [-0.39, 0.29) is 0 Å². The maximum atomic E-state index is 4.70. The van der Waals surface area contributed by atoms with Crippen molar-refractivity contribution in [3.63, 3.8) is 0 Å². The van der Waals surface area contributed by atoms with E-state index in [9.17, 15) is 0 Å². The van der Waals surface area contributed by atoms with Crippen molar-refractivity contribution in [2.24, 2.45) is 0 Å². The van der Waals surface area contributed by atoms with E-state index in [2.05, 4.69) is 22.2 Å². The van der Waals surface area contributed by atoms with Crippen molar-refractivity contribution in [3.05, 3.63) is 53.3 Å². The van der Waals surface area contributed by atoms with Crippen LogP contribution in [-0.4, -0.2) is 15.0 Å². The van der Waals surface area contributed by atoms with E-state index < -0.39 is 0 Å². The summed E-state index contributed by atoms with van der Waals surface area (Å²) in [7, 11) is 0. The van der Waals surface area contributed by atoms with E-state index in [1.54, 1.807) is 17.5 Å². The van der Waals surface area contributed by atoms with Gasteiger partial charge in [-0.15, -0.1) is 11.3 Å². The Hall–Kier alpha value is -2.27. The summed E-state index contributed by atoms with van der Waals surface area (Å²) in [5.74, 6) is 1.25. The average Bonchev–Trinajstić information content (AvgIpc) is 3.31. The van der Waals surface area contributed by atoms with Crippen LogP contribution in [0.4, 0.5) is 11.6 Å². The monoisotopic (exact) mass is 308 g/mol. The Kier molecular flexibility index (Phi) is 3.35. The molecule has 5 heteroatoms. The van der Waals surface area contributed by atoms with Crippen LogP contribution >= 0.6 is 11.3 Å². The Morgan fingerprint density at radius 3 is 2.68 bits per heavy atom. The van der Waals surface area contributed by atoms with Gasteiger partial charge in [-0.3, -0.25) is 0 Å². The number of benzene rings is 1. The van der Waals surface area contributed by atoms with Crippen LogP contribution in [-0.2, 0) is 0 Å². The summed E-state index contributed by atoms with van der Waals surface area (Å²) < 4.78 is 0. The molecule has 1 aliphatic rings. The normalized spacial score (nSPS) is 14.0.